The van der Waals surface area contributed by atoms with Gasteiger partial charge < -0.3 is 16.8 Å². The maximum absolute atomic E-state index is 11.7. The lowest BCUT2D eigenvalue weighted by Crippen LogP contribution is -2.47. The average molecular weight is 382 g/mol. The highest BCUT2D eigenvalue weighted by atomic mass is 16.2. The second-order valence-corrected chi connectivity index (χ2v) is 6.48. The molecule has 0 saturated carbocycles. The molecule has 1 heterocycles. The van der Waals surface area contributed by atoms with Gasteiger partial charge in [0.2, 0.25) is 17.7 Å². The molecule has 9 heteroatoms. The van der Waals surface area contributed by atoms with Crippen molar-refractivity contribution in [2.75, 3.05) is 6.54 Å². The Labute approximate surface area is 159 Å². The van der Waals surface area contributed by atoms with Gasteiger partial charge in [0, 0.05) is 31.5 Å². The third kappa shape index (κ3) is 10.1. The number of rotatable bonds is 10. The summed E-state index contributed by atoms with van der Waals surface area (Å²) in [5.41, 5.74) is 9.88. The number of nitrogens with one attached hydrogen (secondary N) is 1. The van der Waals surface area contributed by atoms with Crippen LogP contribution in [0.2, 0.25) is 0 Å². The normalized spacial score (nSPS) is 14.0. The zero-order chi connectivity index (χ0) is 21.0. The quantitative estimate of drug-likeness (QED) is 0.358. The standard InChI is InChI=1S/C15H23N3O4.C3H7NO/c1-10(2)14(15(16)22)17-11(19)6-4-3-5-9-18-12(20)7-8-13(18)21;1-2-3(4)5/h7-8,10,14H,3-6,9H2,1-2H3,(H2,16,22)(H,17,19);2H2,1H3,(H2,4,5)/t14-;/m0./s1. The highest BCUT2D eigenvalue weighted by Gasteiger charge is 2.23. The molecule has 5 amide bonds. The van der Waals surface area contributed by atoms with Gasteiger partial charge in [-0.15, -0.1) is 0 Å². The van der Waals surface area contributed by atoms with Gasteiger partial charge in [0.05, 0.1) is 0 Å². The van der Waals surface area contributed by atoms with Crippen LogP contribution in [0, 0.1) is 5.92 Å². The molecular formula is C18H30N4O5. The summed E-state index contributed by atoms with van der Waals surface area (Å²) in [4.78, 5) is 56.3. The molecule has 152 valence electrons. The number of amides is 5. The van der Waals surface area contributed by atoms with Crippen molar-refractivity contribution in [1.82, 2.24) is 10.2 Å². The summed E-state index contributed by atoms with van der Waals surface area (Å²) in [6, 6.07) is -0.654. The van der Waals surface area contributed by atoms with Crippen molar-refractivity contribution < 1.29 is 24.0 Å². The Kier molecular flexibility index (Phi) is 11.3. The molecule has 0 unspecified atom stereocenters. The molecule has 5 N–H and O–H groups in total. The highest BCUT2D eigenvalue weighted by Crippen LogP contribution is 2.08. The fraction of sp³-hybridized carbons (Fsp3) is 0.611. The van der Waals surface area contributed by atoms with Crippen LogP contribution >= 0.6 is 0 Å². The molecule has 0 saturated heterocycles. The first-order chi connectivity index (χ1) is 12.6. The Morgan fingerprint density at radius 3 is 1.96 bits per heavy atom. The Bertz CT molecular complexity index is 568. The van der Waals surface area contributed by atoms with Gasteiger partial charge in [0.25, 0.3) is 11.8 Å². The van der Waals surface area contributed by atoms with Gasteiger partial charge in [-0.1, -0.05) is 27.2 Å². The molecule has 0 spiro atoms. The molecule has 1 atom stereocenters. The van der Waals surface area contributed by atoms with E-state index < -0.39 is 11.9 Å². The van der Waals surface area contributed by atoms with E-state index in [1.165, 1.54) is 17.1 Å². The Balaban J connectivity index is 0.00000119. The largest absolute Gasteiger partial charge is 0.370 e. The van der Waals surface area contributed by atoms with Crippen LogP contribution in [0.5, 0.6) is 0 Å². The second kappa shape index (κ2) is 12.6. The van der Waals surface area contributed by atoms with Crippen molar-refractivity contribution in [3.8, 4) is 0 Å². The molecule has 0 aliphatic carbocycles. The van der Waals surface area contributed by atoms with Gasteiger partial charge in [0.15, 0.2) is 0 Å². The maximum atomic E-state index is 11.7. The summed E-state index contributed by atoms with van der Waals surface area (Å²) in [6.07, 6.45) is 5.23. The van der Waals surface area contributed by atoms with Gasteiger partial charge in [-0.3, -0.25) is 28.9 Å². The van der Waals surface area contributed by atoms with E-state index in [0.29, 0.717) is 32.2 Å². The molecule has 0 radical (unpaired) electrons. The average Bonchev–Trinajstić information content (AvgIpc) is 2.91. The van der Waals surface area contributed by atoms with Crippen LogP contribution in [-0.4, -0.2) is 47.0 Å². The minimum absolute atomic E-state index is 0.0545. The van der Waals surface area contributed by atoms with E-state index in [-0.39, 0.29) is 36.0 Å². The van der Waals surface area contributed by atoms with Crippen molar-refractivity contribution in [2.24, 2.45) is 17.4 Å². The number of nitrogens with zero attached hydrogens (tertiary/aromatic N) is 1. The van der Waals surface area contributed by atoms with Crippen molar-refractivity contribution in [2.45, 2.75) is 58.9 Å². The first-order valence-electron chi connectivity index (χ1n) is 9.00. The molecule has 1 aliphatic heterocycles. The van der Waals surface area contributed by atoms with E-state index in [4.69, 9.17) is 5.73 Å². The van der Waals surface area contributed by atoms with E-state index in [1.54, 1.807) is 6.92 Å². The zero-order valence-electron chi connectivity index (χ0n) is 16.2. The minimum Gasteiger partial charge on any atom is -0.370 e. The van der Waals surface area contributed by atoms with Crippen LogP contribution in [0.25, 0.3) is 0 Å². The summed E-state index contributed by atoms with van der Waals surface area (Å²) in [7, 11) is 0. The maximum Gasteiger partial charge on any atom is 0.253 e. The molecule has 27 heavy (non-hydrogen) atoms. The number of carbonyl (C=O) groups is 5. The Morgan fingerprint density at radius 2 is 1.56 bits per heavy atom. The molecular weight excluding hydrogens is 352 g/mol. The smallest absolute Gasteiger partial charge is 0.253 e. The molecule has 0 bridgehead atoms. The Morgan fingerprint density at radius 1 is 1.04 bits per heavy atom. The van der Waals surface area contributed by atoms with E-state index in [2.05, 4.69) is 11.1 Å². The van der Waals surface area contributed by atoms with Gasteiger partial charge in [-0.25, -0.2) is 0 Å². The molecule has 0 fully saturated rings. The van der Waals surface area contributed by atoms with Gasteiger partial charge in [-0.05, 0) is 18.8 Å². The van der Waals surface area contributed by atoms with Crippen molar-refractivity contribution in [3.05, 3.63) is 12.2 Å². The van der Waals surface area contributed by atoms with Crippen LogP contribution in [-0.2, 0) is 24.0 Å². The lowest BCUT2D eigenvalue weighted by Gasteiger charge is -2.19. The molecule has 0 aromatic heterocycles. The monoisotopic (exact) mass is 382 g/mol. The summed E-state index contributed by atoms with van der Waals surface area (Å²) in [6.45, 7) is 5.71. The number of carbonyl (C=O) groups excluding carboxylic acids is 5. The third-order valence-electron chi connectivity index (χ3n) is 3.82. The van der Waals surface area contributed by atoms with Crippen LogP contribution in [0.4, 0.5) is 0 Å². The van der Waals surface area contributed by atoms with Gasteiger partial charge >= 0.3 is 0 Å². The van der Waals surface area contributed by atoms with E-state index >= 15 is 0 Å². The predicted octanol–water partition coefficient (Wildman–Crippen LogP) is -0.0204. The van der Waals surface area contributed by atoms with Gasteiger partial charge in [0.1, 0.15) is 6.04 Å². The van der Waals surface area contributed by atoms with E-state index in [1.807, 2.05) is 13.8 Å². The third-order valence-corrected chi connectivity index (χ3v) is 3.82. The summed E-state index contributed by atoms with van der Waals surface area (Å²) >= 11 is 0. The van der Waals surface area contributed by atoms with E-state index in [0.717, 1.165) is 0 Å². The lowest BCUT2D eigenvalue weighted by molar-refractivity contribution is -0.137. The number of hydrogen-bond donors (Lipinski definition) is 3. The SMILES string of the molecule is CC(C)[C@H](NC(=O)CCCCCN1C(=O)C=CC1=O)C(N)=O.CCC(N)=O. The Hall–Kier alpha value is -2.71. The summed E-state index contributed by atoms with van der Waals surface area (Å²) in [5, 5.41) is 2.62. The molecule has 0 aromatic carbocycles. The van der Waals surface area contributed by atoms with Crippen molar-refractivity contribution in [3.63, 3.8) is 0 Å². The fourth-order valence-corrected chi connectivity index (χ4v) is 2.20. The predicted molar refractivity (Wildman–Crippen MR) is 99.8 cm³/mol. The second-order valence-electron chi connectivity index (χ2n) is 6.48. The lowest BCUT2D eigenvalue weighted by atomic mass is 10.0. The molecule has 0 aromatic rings. The van der Waals surface area contributed by atoms with Gasteiger partial charge in [-0.2, -0.15) is 0 Å². The number of unbranched alkanes of at least 4 members (excludes halogenated alkanes) is 2. The van der Waals surface area contributed by atoms with Crippen LogP contribution < -0.4 is 16.8 Å². The number of imide groups is 1. The summed E-state index contributed by atoms with van der Waals surface area (Å²) in [5.74, 6) is -1.63. The first kappa shape index (κ1) is 24.3. The number of nitrogens with two attached hydrogens (primary N) is 2. The zero-order valence-corrected chi connectivity index (χ0v) is 16.2. The molecule has 1 rings (SSSR count). The number of hydrogen-bond acceptors (Lipinski definition) is 5. The minimum atomic E-state index is -0.654. The highest BCUT2D eigenvalue weighted by molar-refractivity contribution is 6.12. The topological polar surface area (TPSA) is 153 Å². The van der Waals surface area contributed by atoms with Crippen LogP contribution in [0.3, 0.4) is 0 Å². The first-order valence-corrected chi connectivity index (χ1v) is 9.00. The van der Waals surface area contributed by atoms with Crippen LogP contribution in [0.1, 0.15) is 52.9 Å². The van der Waals surface area contributed by atoms with Crippen molar-refractivity contribution in [1.29, 1.82) is 0 Å². The van der Waals surface area contributed by atoms with Crippen molar-refractivity contribution >= 4 is 29.5 Å². The molecule has 1 aliphatic rings. The molecule has 9 nitrogen and oxygen atoms in total. The fourth-order valence-electron chi connectivity index (χ4n) is 2.20. The van der Waals surface area contributed by atoms with Crippen LogP contribution in [0.15, 0.2) is 12.2 Å². The number of primary amides is 2. The van der Waals surface area contributed by atoms with E-state index in [9.17, 15) is 24.0 Å². The summed E-state index contributed by atoms with van der Waals surface area (Å²) < 4.78 is 0.